The van der Waals surface area contributed by atoms with Gasteiger partial charge < -0.3 is 14.4 Å². The van der Waals surface area contributed by atoms with Gasteiger partial charge in [0.05, 0.1) is 5.58 Å². The summed E-state index contributed by atoms with van der Waals surface area (Å²) in [4.78, 5) is 9.03. The number of furan rings is 1. The van der Waals surface area contributed by atoms with Gasteiger partial charge in [0.2, 0.25) is 0 Å². The Morgan fingerprint density at radius 2 is 1.47 bits per heavy atom. The molecule has 0 aliphatic heterocycles. The maximum Gasteiger partial charge on any atom is 0.128 e. The molecule has 3 nitrogen and oxygen atoms in total. The normalized spacial score (nSPS) is 11.7. The molecule has 0 aliphatic rings. The van der Waals surface area contributed by atoms with Crippen molar-refractivity contribution in [1.29, 1.82) is 0 Å². The first-order chi connectivity index (χ1) is 21.1. The van der Waals surface area contributed by atoms with Crippen LogP contribution >= 0.6 is 0 Å². The van der Waals surface area contributed by atoms with Gasteiger partial charge in [0.15, 0.2) is 0 Å². The number of fused-ring (bicyclic) bond motifs is 5. The zero-order chi connectivity index (χ0) is 30.9. The first-order valence-electron chi connectivity index (χ1n) is 15.2. The summed E-state index contributed by atoms with van der Waals surface area (Å²) in [7, 11) is 0. The minimum absolute atomic E-state index is 0. The molecule has 229 valence electrons. The number of hydrogen-bond acceptors (Lipinski definition) is 3. The molecule has 0 fully saturated rings. The number of aromatic nitrogens is 2. The largest absolute Gasteiger partial charge is 0.500 e. The first-order valence-corrected chi connectivity index (χ1v) is 15.2. The molecule has 7 aromatic rings. The van der Waals surface area contributed by atoms with Crippen molar-refractivity contribution in [3.8, 4) is 22.5 Å². The van der Waals surface area contributed by atoms with Crippen LogP contribution in [0.25, 0.3) is 55.2 Å². The van der Waals surface area contributed by atoms with Crippen molar-refractivity contribution in [2.75, 3.05) is 0 Å². The third-order valence-corrected chi connectivity index (χ3v) is 7.78. The van der Waals surface area contributed by atoms with E-state index in [1.54, 1.807) is 0 Å². The minimum Gasteiger partial charge on any atom is -0.500 e. The van der Waals surface area contributed by atoms with E-state index in [1.807, 2.05) is 54.9 Å². The minimum atomic E-state index is 0. The Kier molecular flexibility index (Phi) is 9.39. The molecule has 0 saturated heterocycles. The average Bonchev–Trinajstić information content (AvgIpc) is 3.42. The Bertz CT molecular complexity index is 2030. The molecule has 4 heteroatoms. The van der Waals surface area contributed by atoms with E-state index in [-0.39, 0.29) is 30.9 Å². The van der Waals surface area contributed by atoms with Crippen LogP contribution in [0.5, 0.6) is 0 Å². The summed E-state index contributed by atoms with van der Waals surface area (Å²) in [6.45, 7) is 13.4. The van der Waals surface area contributed by atoms with Crippen molar-refractivity contribution < 1.29 is 24.5 Å². The second-order valence-electron chi connectivity index (χ2n) is 13.6. The van der Waals surface area contributed by atoms with E-state index in [2.05, 4.69) is 118 Å². The number of rotatable bonds is 3. The second kappa shape index (κ2) is 13.1. The zero-order valence-corrected chi connectivity index (χ0v) is 29.1. The van der Waals surface area contributed by atoms with Gasteiger partial charge in [0.25, 0.3) is 0 Å². The van der Waals surface area contributed by atoms with Crippen LogP contribution in [-0.4, -0.2) is 9.97 Å². The Balaban J connectivity index is 0.000000202. The van der Waals surface area contributed by atoms with Gasteiger partial charge in [0.1, 0.15) is 5.58 Å². The second-order valence-corrected chi connectivity index (χ2v) is 13.6. The van der Waals surface area contributed by atoms with Gasteiger partial charge in [-0.05, 0) is 39.2 Å². The third kappa shape index (κ3) is 7.09. The quantitative estimate of drug-likeness (QED) is 0.168. The summed E-state index contributed by atoms with van der Waals surface area (Å²) in [5, 5.41) is 4.69. The van der Waals surface area contributed by atoms with E-state index in [0.717, 1.165) is 45.5 Å². The van der Waals surface area contributed by atoms with Crippen LogP contribution in [0.4, 0.5) is 0 Å². The smallest absolute Gasteiger partial charge is 0.128 e. The van der Waals surface area contributed by atoms with Crippen LogP contribution in [0, 0.1) is 17.5 Å². The van der Waals surface area contributed by atoms with Crippen LogP contribution < -0.4 is 0 Å². The molecule has 0 aliphatic carbocycles. The molecule has 0 atom stereocenters. The van der Waals surface area contributed by atoms with Crippen LogP contribution in [0.1, 0.15) is 52.7 Å². The van der Waals surface area contributed by atoms with Gasteiger partial charge in [0, 0.05) is 43.3 Å². The summed E-state index contributed by atoms with van der Waals surface area (Å²) < 4.78 is 6.54. The molecular weight excluding hydrogens is 729 g/mol. The predicted molar refractivity (Wildman–Crippen MR) is 184 cm³/mol. The monoisotopic (exact) mass is 767 g/mol. The molecule has 3 aromatic heterocycles. The molecule has 0 unspecified atom stereocenters. The summed E-state index contributed by atoms with van der Waals surface area (Å²) in [5.74, 6) is 0. The Morgan fingerprint density at radius 1 is 0.689 bits per heavy atom. The molecule has 3 heterocycles. The summed E-state index contributed by atoms with van der Waals surface area (Å²) >= 11 is 0. The number of nitrogens with zero attached hydrogens (tertiary/aromatic N) is 2. The zero-order valence-electron chi connectivity index (χ0n) is 26.7. The molecular formula is C41H38IrN2O-2. The van der Waals surface area contributed by atoms with Gasteiger partial charge in [-0.2, -0.15) is 0 Å². The number of pyridine rings is 2. The van der Waals surface area contributed by atoms with E-state index >= 15 is 0 Å². The van der Waals surface area contributed by atoms with Crippen LogP contribution in [0.15, 0.2) is 114 Å². The van der Waals surface area contributed by atoms with Gasteiger partial charge >= 0.3 is 0 Å². The van der Waals surface area contributed by atoms with Crippen LogP contribution in [0.3, 0.4) is 0 Å². The molecule has 7 rings (SSSR count). The standard InChI is InChI=1S/C26H22NO.C15H16N.Ir/c1-26(2,3)16-18-12-13-20(22-10-6-7-15-27-22)25-23(18)21-14-11-17-8-4-5-9-19(17)24(21)28-25;1-15(2,3)13-9-10-14(16-11-13)12-7-5-4-6-8-12;/h4-12,14-15H,16H2,1-3H3;4-7,9-11H,1-3H3;/q2*-1;. The van der Waals surface area contributed by atoms with Crippen molar-refractivity contribution in [3.63, 3.8) is 0 Å². The Hall–Kier alpha value is -4.11. The van der Waals surface area contributed by atoms with Gasteiger partial charge in [-0.15, -0.1) is 53.6 Å². The first kappa shape index (κ1) is 32.3. The molecule has 0 bridgehead atoms. The van der Waals surface area contributed by atoms with E-state index in [4.69, 9.17) is 4.42 Å². The molecule has 45 heavy (non-hydrogen) atoms. The number of benzene rings is 4. The Labute approximate surface area is 280 Å². The van der Waals surface area contributed by atoms with Crippen LogP contribution in [0.2, 0.25) is 0 Å². The van der Waals surface area contributed by atoms with E-state index in [1.165, 1.54) is 27.3 Å². The van der Waals surface area contributed by atoms with E-state index in [9.17, 15) is 0 Å². The fraction of sp³-hybridized carbons (Fsp3) is 0.220. The van der Waals surface area contributed by atoms with Gasteiger partial charge in [-0.3, -0.25) is 0 Å². The van der Waals surface area contributed by atoms with Gasteiger partial charge in [-0.1, -0.05) is 120 Å². The van der Waals surface area contributed by atoms with E-state index < -0.39 is 0 Å². The van der Waals surface area contributed by atoms with Crippen molar-refractivity contribution in [2.45, 2.75) is 53.4 Å². The molecule has 0 amide bonds. The molecule has 4 aromatic carbocycles. The summed E-state index contributed by atoms with van der Waals surface area (Å²) in [6, 6.07) is 39.6. The molecule has 0 spiro atoms. The third-order valence-electron chi connectivity index (χ3n) is 7.78. The van der Waals surface area contributed by atoms with Crippen molar-refractivity contribution in [1.82, 2.24) is 9.97 Å². The summed E-state index contributed by atoms with van der Waals surface area (Å²) in [5.41, 5.74) is 8.53. The molecule has 1 radical (unpaired) electrons. The fourth-order valence-electron chi connectivity index (χ4n) is 5.58. The van der Waals surface area contributed by atoms with Crippen molar-refractivity contribution >= 4 is 32.7 Å². The SMILES string of the molecule is CC(C)(C)Cc1c[c-]c(-c2ccccn2)c2oc3c4ccccc4ccc3c12.CC(C)(C)c1ccc(-c2[c-]cccc2)nc1.[Ir]. The van der Waals surface area contributed by atoms with E-state index in [0.29, 0.717) is 0 Å². The van der Waals surface area contributed by atoms with Gasteiger partial charge in [-0.25, -0.2) is 0 Å². The fourth-order valence-corrected chi connectivity index (χ4v) is 5.58. The number of hydrogen-bond donors (Lipinski definition) is 0. The Morgan fingerprint density at radius 3 is 2.13 bits per heavy atom. The van der Waals surface area contributed by atoms with Crippen LogP contribution in [-0.2, 0) is 31.9 Å². The topological polar surface area (TPSA) is 38.9 Å². The maximum atomic E-state index is 6.54. The maximum absolute atomic E-state index is 6.54. The van der Waals surface area contributed by atoms with Crippen molar-refractivity contribution in [2.24, 2.45) is 5.41 Å². The average molecular weight is 767 g/mol. The predicted octanol–water partition coefficient (Wildman–Crippen LogP) is 11.0. The molecule has 0 saturated carbocycles. The summed E-state index contributed by atoms with van der Waals surface area (Å²) in [6.07, 6.45) is 4.73. The van der Waals surface area contributed by atoms with Crippen molar-refractivity contribution in [3.05, 3.63) is 133 Å². The molecule has 0 N–H and O–H groups in total.